The average molecular weight is 299 g/mol. The minimum atomic E-state index is -0.564. The van der Waals surface area contributed by atoms with Crippen LogP contribution in [-0.4, -0.2) is 74.2 Å². The predicted octanol–water partition coefficient (Wildman–Crippen LogP) is 1.34. The summed E-state index contributed by atoms with van der Waals surface area (Å²) >= 11 is 0. The van der Waals surface area contributed by atoms with Crippen LogP contribution in [-0.2, 0) is 9.53 Å². The van der Waals surface area contributed by atoms with Gasteiger partial charge in [-0.3, -0.25) is 4.79 Å². The Morgan fingerprint density at radius 2 is 1.67 bits per heavy atom. The van der Waals surface area contributed by atoms with E-state index < -0.39 is 5.54 Å². The molecule has 0 saturated carbocycles. The number of methoxy groups -OCH3 is 1. The van der Waals surface area contributed by atoms with E-state index in [1.807, 2.05) is 6.92 Å². The highest BCUT2D eigenvalue weighted by Crippen LogP contribution is 2.14. The smallest absolute Gasteiger partial charge is 0.325 e. The molecule has 21 heavy (non-hydrogen) atoms. The molecule has 1 heterocycles. The first kappa shape index (κ1) is 18.4. The molecule has 1 rings (SSSR count). The minimum Gasteiger partial charge on any atom is -0.468 e. The number of esters is 1. The van der Waals surface area contributed by atoms with Gasteiger partial charge in [-0.05, 0) is 39.3 Å². The Hall–Kier alpha value is -0.650. The molecule has 1 unspecified atom stereocenters. The monoisotopic (exact) mass is 299 g/mol. The summed E-state index contributed by atoms with van der Waals surface area (Å²) < 4.78 is 4.97. The van der Waals surface area contributed by atoms with Crippen molar-refractivity contribution in [2.75, 3.05) is 52.9 Å². The maximum Gasteiger partial charge on any atom is 0.325 e. The SMILES string of the molecule is CCCNC(C)(CCN1CCN(CCC)CC1)C(=O)OC. The van der Waals surface area contributed by atoms with E-state index in [4.69, 9.17) is 4.74 Å². The normalized spacial score (nSPS) is 20.2. The molecule has 0 spiro atoms. The maximum absolute atomic E-state index is 12.0. The number of ether oxygens (including phenoxy) is 1. The topological polar surface area (TPSA) is 44.8 Å². The van der Waals surface area contributed by atoms with Crippen LogP contribution < -0.4 is 5.32 Å². The summed E-state index contributed by atoms with van der Waals surface area (Å²) in [5.74, 6) is -0.152. The molecule has 0 amide bonds. The fraction of sp³-hybridized carbons (Fsp3) is 0.938. The third kappa shape index (κ3) is 5.93. The Bertz CT molecular complexity index is 304. The lowest BCUT2D eigenvalue weighted by atomic mass is 9.97. The van der Waals surface area contributed by atoms with Gasteiger partial charge in [0.2, 0.25) is 0 Å². The number of piperazine rings is 1. The molecule has 1 atom stereocenters. The number of carbonyl (C=O) groups excluding carboxylic acids is 1. The largest absolute Gasteiger partial charge is 0.468 e. The van der Waals surface area contributed by atoms with E-state index in [1.54, 1.807) is 0 Å². The molecule has 1 aliphatic rings. The van der Waals surface area contributed by atoms with Crippen LogP contribution in [0.25, 0.3) is 0 Å². The lowest BCUT2D eigenvalue weighted by Gasteiger charge is -2.36. The summed E-state index contributed by atoms with van der Waals surface area (Å²) in [6.07, 6.45) is 3.04. The third-order valence-corrected chi connectivity index (χ3v) is 4.33. The Kier molecular flexibility index (Phi) is 8.22. The molecule has 0 aromatic carbocycles. The number of hydrogen-bond donors (Lipinski definition) is 1. The van der Waals surface area contributed by atoms with Crippen LogP contribution in [0.5, 0.6) is 0 Å². The van der Waals surface area contributed by atoms with Crippen molar-refractivity contribution in [3.63, 3.8) is 0 Å². The van der Waals surface area contributed by atoms with Gasteiger partial charge in [0.15, 0.2) is 0 Å². The molecular formula is C16H33N3O2. The molecule has 1 aliphatic heterocycles. The van der Waals surface area contributed by atoms with Crippen molar-refractivity contribution in [1.82, 2.24) is 15.1 Å². The zero-order chi connectivity index (χ0) is 15.7. The minimum absolute atomic E-state index is 0.152. The van der Waals surface area contributed by atoms with Crippen molar-refractivity contribution >= 4 is 5.97 Å². The van der Waals surface area contributed by atoms with Crippen LogP contribution >= 0.6 is 0 Å². The van der Waals surface area contributed by atoms with E-state index in [-0.39, 0.29) is 5.97 Å². The van der Waals surface area contributed by atoms with Gasteiger partial charge < -0.3 is 19.9 Å². The number of hydrogen-bond acceptors (Lipinski definition) is 5. The van der Waals surface area contributed by atoms with Crippen molar-refractivity contribution in [1.29, 1.82) is 0 Å². The number of nitrogens with one attached hydrogen (secondary N) is 1. The molecule has 0 radical (unpaired) electrons. The summed E-state index contributed by atoms with van der Waals surface area (Å²) in [6, 6.07) is 0. The lowest BCUT2D eigenvalue weighted by molar-refractivity contribution is -0.148. The Morgan fingerprint density at radius 1 is 1.10 bits per heavy atom. The van der Waals surface area contributed by atoms with E-state index >= 15 is 0 Å². The summed E-state index contributed by atoms with van der Waals surface area (Å²) in [5, 5.41) is 3.35. The van der Waals surface area contributed by atoms with Crippen LogP contribution in [0.3, 0.4) is 0 Å². The van der Waals surface area contributed by atoms with E-state index in [0.717, 1.165) is 52.1 Å². The molecule has 0 aliphatic carbocycles. The molecule has 0 aromatic heterocycles. The molecule has 5 heteroatoms. The van der Waals surface area contributed by atoms with Crippen molar-refractivity contribution in [2.24, 2.45) is 0 Å². The predicted molar refractivity (Wildman–Crippen MR) is 86.5 cm³/mol. The molecule has 5 nitrogen and oxygen atoms in total. The van der Waals surface area contributed by atoms with Gasteiger partial charge in [-0.1, -0.05) is 13.8 Å². The second-order valence-electron chi connectivity index (χ2n) is 6.18. The van der Waals surface area contributed by atoms with Gasteiger partial charge in [-0.25, -0.2) is 0 Å². The van der Waals surface area contributed by atoms with Crippen LogP contribution in [0.15, 0.2) is 0 Å². The summed E-state index contributed by atoms with van der Waals surface area (Å²) in [7, 11) is 1.47. The van der Waals surface area contributed by atoms with E-state index in [0.29, 0.717) is 0 Å². The first-order valence-electron chi connectivity index (χ1n) is 8.34. The van der Waals surface area contributed by atoms with Gasteiger partial charge in [0.05, 0.1) is 7.11 Å². The van der Waals surface area contributed by atoms with Crippen molar-refractivity contribution in [3.8, 4) is 0 Å². The second-order valence-corrected chi connectivity index (χ2v) is 6.18. The highest BCUT2D eigenvalue weighted by Gasteiger charge is 2.34. The fourth-order valence-electron chi connectivity index (χ4n) is 2.82. The highest BCUT2D eigenvalue weighted by molar-refractivity contribution is 5.80. The van der Waals surface area contributed by atoms with Crippen LogP contribution in [0, 0.1) is 0 Å². The van der Waals surface area contributed by atoms with Crippen molar-refractivity contribution < 1.29 is 9.53 Å². The molecule has 0 aromatic rings. The number of carbonyl (C=O) groups is 1. The van der Waals surface area contributed by atoms with Crippen molar-refractivity contribution in [2.45, 2.75) is 45.6 Å². The van der Waals surface area contributed by atoms with Gasteiger partial charge in [-0.15, -0.1) is 0 Å². The Morgan fingerprint density at radius 3 is 2.14 bits per heavy atom. The highest BCUT2D eigenvalue weighted by atomic mass is 16.5. The first-order valence-corrected chi connectivity index (χ1v) is 8.34. The van der Waals surface area contributed by atoms with Gasteiger partial charge in [0, 0.05) is 32.7 Å². The Balaban J connectivity index is 2.41. The van der Waals surface area contributed by atoms with Crippen LogP contribution in [0.1, 0.15) is 40.0 Å². The maximum atomic E-state index is 12.0. The Labute approximate surface area is 130 Å². The van der Waals surface area contributed by atoms with Gasteiger partial charge in [0.1, 0.15) is 5.54 Å². The summed E-state index contributed by atoms with van der Waals surface area (Å²) in [4.78, 5) is 17.0. The van der Waals surface area contributed by atoms with Gasteiger partial charge >= 0.3 is 5.97 Å². The molecule has 1 fully saturated rings. The molecule has 1 N–H and O–H groups in total. The number of rotatable bonds is 9. The quantitative estimate of drug-likeness (QED) is 0.651. The van der Waals surface area contributed by atoms with E-state index in [1.165, 1.54) is 20.1 Å². The third-order valence-electron chi connectivity index (χ3n) is 4.33. The molecule has 124 valence electrons. The zero-order valence-corrected chi connectivity index (χ0v) is 14.3. The number of nitrogens with zero attached hydrogens (tertiary/aromatic N) is 2. The van der Waals surface area contributed by atoms with Crippen molar-refractivity contribution in [3.05, 3.63) is 0 Å². The zero-order valence-electron chi connectivity index (χ0n) is 14.3. The van der Waals surface area contributed by atoms with Gasteiger partial charge in [0.25, 0.3) is 0 Å². The standard InChI is InChI=1S/C16H33N3O2/c1-5-8-17-16(3,15(20)21-4)7-10-19-13-11-18(9-6-2)12-14-19/h17H,5-14H2,1-4H3. The van der Waals surface area contributed by atoms with E-state index in [2.05, 4.69) is 29.0 Å². The molecular weight excluding hydrogens is 266 g/mol. The second kappa shape index (κ2) is 9.38. The molecule has 0 bridgehead atoms. The average Bonchev–Trinajstić information content (AvgIpc) is 2.51. The van der Waals surface area contributed by atoms with E-state index in [9.17, 15) is 4.79 Å². The lowest BCUT2D eigenvalue weighted by Crippen LogP contribution is -2.54. The summed E-state index contributed by atoms with van der Waals surface area (Å²) in [5.41, 5.74) is -0.564. The summed E-state index contributed by atoms with van der Waals surface area (Å²) in [6.45, 7) is 13.8. The van der Waals surface area contributed by atoms with Crippen LogP contribution in [0.2, 0.25) is 0 Å². The van der Waals surface area contributed by atoms with Crippen LogP contribution in [0.4, 0.5) is 0 Å². The van der Waals surface area contributed by atoms with Gasteiger partial charge in [-0.2, -0.15) is 0 Å². The molecule has 1 saturated heterocycles. The first-order chi connectivity index (χ1) is 10.1. The fourth-order valence-corrected chi connectivity index (χ4v) is 2.82.